The average Bonchev–Trinajstić information content (AvgIpc) is 2.99. The lowest BCUT2D eigenvalue weighted by Gasteiger charge is -2.00. The van der Waals surface area contributed by atoms with Crippen molar-refractivity contribution in [3.8, 4) is 0 Å². The molecule has 0 fully saturated rings. The van der Waals surface area contributed by atoms with Crippen molar-refractivity contribution in [2.24, 2.45) is 5.10 Å². The lowest BCUT2D eigenvalue weighted by atomic mass is 10.1. The summed E-state index contributed by atoms with van der Waals surface area (Å²) in [5.41, 5.74) is 4.64. The summed E-state index contributed by atoms with van der Waals surface area (Å²) in [6.07, 6.45) is 0. The van der Waals surface area contributed by atoms with Gasteiger partial charge in [0.1, 0.15) is 0 Å². The number of esters is 1. The van der Waals surface area contributed by atoms with E-state index in [1.807, 2.05) is 37.3 Å². The van der Waals surface area contributed by atoms with Crippen molar-refractivity contribution in [3.63, 3.8) is 0 Å². The molecular weight excluding hydrogens is 290 g/mol. The van der Waals surface area contributed by atoms with Crippen LogP contribution in [-0.2, 0) is 9.53 Å². The maximum Gasteiger partial charge on any atom is 0.316 e. The Morgan fingerprint density at radius 2 is 2.19 bits per heavy atom. The lowest BCUT2D eigenvalue weighted by molar-refractivity contribution is -0.137. The topological polar surface area (TPSA) is 92.3 Å². The molecule has 1 aromatic carbocycles. The summed E-state index contributed by atoms with van der Waals surface area (Å²) in [5.74, 6) is 0.259. The lowest BCUT2D eigenvalue weighted by Crippen LogP contribution is -2.03. The third-order valence-corrected chi connectivity index (χ3v) is 3.35. The first-order valence-electron chi connectivity index (χ1n) is 6.17. The number of carbonyl (C=O) groups is 1. The normalized spacial score (nSPS) is 11.2. The smallest absolute Gasteiger partial charge is 0.316 e. The van der Waals surface area contributed by atoms with Crippen LogP contribution in [0.3, 0.4) is 0 Å². The number of carbonyl (C=O) groups excluding carboxylic acids is 1. The number of H-pyrrole nitrogens is 1. The number of anilines is 1. The highest BCUT2D eigenvalue weighted by Gasteiger charge is 2.07. The summed E-state index contributed by atoms with van der Waals surface area (Å²) < 4.78 is 4.54. The van der Waals surface area contributed by atoms with Crippen LogP contribution in [0.2, 0.25) is 0 Å². The van der Waals surface area contributed by atoms with Crippen molar-refractivity contribution in [3.05, 3.63) is 35.9 Å². The van der Waals surface area contributed by atoms with Crippen molar-refractivity contribution in [2.75, 3.05) is 18.3 Å². The van der Waals surface area contributed by atoms with Crippen molar-refractivity contribution in [1.82, 2.24) is 15.2 Å². The zero-order chi connectivity index (χ0) is 15.1. The fourth-order valence-corrected chi connectivity index (χ4v) is 2.05. The van der Waals surface area contributed by atoms with E-state index in [2.05, 4.69) is 30.4 Å². The van der Waals surface area contributed by atoms with Gasteiger partial charge in [0.2, 0.25) is 11.1 Å². The number of hydrazone groups is 1. The SMILES string of the molecule is COC(=O)CSc1n[nH]c(N/N=C(\C)c2ccccc2)n1. The maximum absolute atomic E-state index is 11.0. The second kappa shape index (κ2) is 7.44. The van der Waals surface area contributed by atoms with Gasteiger partial charge in [-0.15, -0.1) is 5.10 Å². The molecule has 2 N–H and O–H groups in total. The van der Waals surface area contributed by atoms with Gasteiger partial charge in [-0.05, 0) is 12.5 Å². The number of rotatable bonds is 6. The van der Waals surface area contributed by atoms with E-state index in [-0.39, 0.29) is 11.7 Å². The predicted octanol–water partition coefficient (Wildman–Crippen LogP) is 1.91. The molecule has 21 heavy (non-hydrogen) atoms. The van der Waals surface area contributed by atoms with Gasteiger partial charge in [-0.25, -0.2) is 10.5 Å². The second-order valence-corrected chi connectivity index (χ2v) is 4.95. The number of benzene rings is 1. The monoisotopic (exact) mass is 305 g/mol. The first-order valence-corrected chi connectivity index (χ1v) is 7.15. The third kappa shape index (κ3) is 4.60. The van der Waals surface area contributed by atoms with E-state index in [1.54, 1.807) is 0 Å². The minimum Gasteiger partial charge on any atom is -0.468 e. The van der Waals surface area contributed by atoms with Gasteiger partial charge in [-0.2, -0.15) is 10.1 Å². The molecule has 0 saturated carbocycles. The van der Waals surface area contributed by atoms with Crippen LogP contribution in [0.5, 0.6) is 0 Å². The molecule has 1 aromatic heterocycles. The van der Waals surface area contributed by atoms with Crippen LogP contribution >= 0.6 is 11.8 Å². The van der Waals surface area contributed by atoms with Gasteiger partial charge < -0.3 is 4.74 Å². The molecule has 0 atom stereocenters. The summed E-state index contributed by atoms with van der Waals surface area (Å²) in [5, 5.41) is 11.3. The van der Waals surface area contributed by atoms with E-state index < -0.39 is 0 Å². The number of thioether (sulfide) groups is 1. The zero-order valence-electron chi connectivity index (χ0n) is 11.7. The maximum atomic E-state index is 11.0. The van der Waals surface area contributed by atoms with Crippen LogP contribution in [0, 0.1) is 0 Å². The van der Waals surface area contributed by atoms with Gasteiger partial charge in [0.25, 0.3) is 0 Å². The van der Waals surface area contributed by atoms with Crippen LogP contribution in [-0.4, -0.2) is 39.7 Å². The fourth-order valence-electron chi connectivity index (χ4n) is 1.42. The first kappa shape index (κ1) is 15.0. The molecule has 2 rings (SSSR count). The minimum atomic E-state index is -0.322. The second-order valence-electron chi connectivity index (χ2n) is 4.01. The van der Waals surface area contributed by atoms with E-state index in [4.69, 9.17) is 0 Å². The van der Waals surface area contributed by atoms with Gasteiger partial charge in [-0.1, -0.05) is 42.1 Å². The third-order valence-electron chi connectivity index (χ3n) is 2.53. The van der Waals surface area contributed by atoms with E-state index in [1.165, 1.54) is 18.9 Å². The number of nitrogens with one attached hydrogen (secondary N) is 2. The van der Waals surface area contributed by atoms with Gasteiger partial charge in [0, 0.05) is 0 Å². The molecule has 0 radical (unpaired) electrons. The molecule has 8 heteroatoms. The van der Waals surface area contributed by atoms with Gasteiger partial charge >= 0.3 is 5.97 Å². The molecule has 1 heterocycles. The van der Waals surface area contributed by atoms with Crippen LogP contribution in [0.25, 0.3) is 0 Å². The Hall–Kier alpha value is -2.35. The molecule has 2 aromatic rings. The summed E-state index contributed by atoms with van der Waals surface area (Å²) >= 11 is 1.19. The molecule has 7 nitrogen and oxygen atoms in total. The van der Waals surface area contributed by atoms with Gasteiger partial charge in [-0.3, -0.25) is 4.79 Å². The number of hydrogen-bond donors (Lipinski definition) is 2. The van der Waals surface area contributed by atoms with Crippen molar-refractivity contribution in [1.29, 1.82) is 0 Å². The van der Waals surface area contributed by atoms with Crippen molar-refractivity contribution < 1.29 is 9.53 Å². The van der Waals surface area contributed by atoms with Crippen LogP contribution < -0.4 is 5.43 Å². The van der Waals surface area contributed by atoms with Gasteiger partial charge in [0.05, 0.1) is 18.6 Å². The average molecular weight is 305 g/mol. The largest absolute Gasteiger partial charge is 0.468 e. The zero-order valence-corrected chi connectivity index (χ0v) is 12.5. The Morgan fingerprint density at radius 1 is 1.43 bits per heavy atom. The number of nitrogens with zero attached hydrogens (tertiary/aromatic N) is 3. The molecule has 0 aliphatic carbocycles. The Kier molecular flexibility index (Phi) is 5.33. The predicted molar refractivity (Wildman–Crippen MR) is 81.4 cm³/mol. The summed E-state index contributed by atoms with van der Waals surface area (Å²) in [6, 6.07) is 9.79. The number of aromatic nitrogens is 3. The molecular formula is C13H15N5O2S. The number of hydrogen-bond acceptors (Lipinski definition) is 7. The van der Waals surface area contributed by atoms with Crippen molar-refractivity contribution in [2.45, 2.75) is 12.1 Å². The fraction of sp³-hybridized carbons (Fsp3) is 0.231. The summed E-state index contributed by atoms with van der Waals surface area (Å²) in [4.78, 5) is 15.2. The Labute approximate surface area is 126 Å². The first-order chi connectivity index (χ1) is 10.2. The highest BCUT2D eigenvalue weighted by Crippen LogP contribution is 2.14. The Bertz CT molecular complexity index is 627. The van der Waals surface area contributed by atoms with Crippen LogP contribution in [0.15, 0.2) is 40.6 Å². The number of ether oxygens (including phenoxy) is 1. The minimum absolute atomic E-state index is 0.167. The molecule has 110 valence electrons. The Balaban J connectivity index is 1.92. The number of methoxy groups -OCH3 is 1. The Morgan fingerprint density at radius 3 is 2.90 bits per heavy atom. The quantitative estimate of drug-likeness (QED) is 0.366. The molecule has 0 bridgehead atoms. The molecule has 0 unspecified atom stereocenters. The summed E-state index contributed by atoms with van der Waals surface area (Å²) in [7, 11) is 1.34. The van der Waals surface area contributed by atoms with Gasteiger partial charge in [0.15, 0.2) is 0 Å². The van der Waals surface area contributed by atoms with E-state index >= 15 is 0 Å². The molecule has 0 saturated heterocycles. The molecule has 0 aliphatic heterocycles. The summed E-state index contributed by atoms with van der Waals surface area (Å²) in [6.45, 7) is 1.89. The van der Waals surface area contributed by atoms with Crippen molar-refractivity contribution >= 4 is 29.4 Å². The highest BCUT2D eigenvalue weighted by atomic mass is 32.2. The van der Waals surface area contributed by atoms with E-state index in [9.17, 15) is 4.79 Å². The standard InChI is InChI=1S/C13H15N5O2S/c1-9(10-6-4-3-5-7-10)15-16-12-14-13(18-17-12)21-8-11(19)20-2/h3-7H,8H2,1-2H3,(H2,14,16,17,18)/b15-9+. The molecule has 0 spiro atoms. The van der Waals surface area contributed by atoms with Crippen LogP contribution in [0.4, 0.5) is 5.95 Å². The molecule has 0 aliphatic rings. The highest BCUT2D eigenvalue weighted by molar-refractivity contribution is 7.99. The van der Waals surface area contributed by atoms with E-state index in [0.29, 0.717) is 11.1 Å². The number of aromatic amines is 1. The van der Waals surface area contributed by atoms with Crippen LogP contribution in [0.1, 0.15) is 12.5 Å². The van der Waals surface area contributed by atoms with E-state index in [0.717, 1.165) is 11.3 Å². The molecule has 0 amide bonds.